The van der Waals surface area contributed by atoms with Gasteiger partial charge in [0, 0.05) is 12.2 Å². The zero-order chi connectivity index (χ0) is 16.0. The average Bonchev–Trinajstić information content (AvgIpc) is 2.47. The van der Waals surface area contributed by atoms with Crippen molar-refractivity contribution in [3.63, 3.8) is 0 Å². The third-order valence-corrected chi connectivity index (χ3v) is 6.07. The molecule has 5 heteroatoms. The van der Waals surface area contributed by atoms with Crippen LogP contribution in [-0.2, 0) is 14.6 Å². The minimum atomic E-state index is -3.45. The summed E-state index contributed by atoms with van der Waals surface area (Å²) in [4.78, 5) is 14.2. The third kappa shape index (κ3) is 4.30. The van der Waals surface area contributed by atoms with E-state index in [4.69, 9.17) is 0 Å². The molecule has 0 bridgehead atoms. The average molecular weight is 311 g/mol. The first-order valence-electron chi connectivity index (χ1n) is 7.41. The molecule has 1 amide bonds. The smallest absolute Gasteiger partial charge is 0.245 e. The van der Waals surface area contributed by atoms with E-state index in [1.807, 2.05) is 37.3 Å². The van der Waals surface area contributed by atoms with Crippen molar-refractivity contribution in [3.05, 3.63) is 30.3 Å². The van der Waals surface area contributed by atoms with E-state index in [-0.39, 0.29) is 5.91 Å². The Bertz CT molecular complexity index is 552. The van der Waals surface area contributed by atoms with Gasteiger partial charge in [0.25, 0.3) is 0 Å². The number of anilines is 1. The van der Waals surface area contributed by atoms with E-state index in [1.165, 1.54) is 6.92 Å². The molecule has 1 atom stereocenters. The molecule has 0 aliphatic carbocycles. The lowest BCUT2D eigenvalue weighted by molar-refractivity contribution is -0.118. The van der Waals surface area contributed by atoms with Gasteiger partial charge in [-0.1, -0.05) is 31.5 Å². The molecular weight excluding hydrogens is 286 g/mol. The highest BCUT2D eigenvalue weighted by Gasteiger charge is 2.34. The van der Waals surface area contributed by atoms with Crippen LogP contribution in [0.1, 0.15) is 40.5 Å². The van der Waals surface area contributed by atoms with Gasteiger partial charge < -0.3 is 4.90 Å². The molecule has 0 saturated carbocycles. The second-order valence-electron chi connectivity index (χ2n) is 5.46. The van der Waals surface area contributed by atoms with E-state index < -0.39 is 20.3 Å². The molecule has 0 aliphatic heterocycles. The van der Waals surface area contributed by atoms with E-state index in [2.05, 4.69) is 0 Å². The quantitative estimate of drug-likeness (QED) is 0.778. The first kappa shape index (κ1) is 17.7. The van der Waals surface area contributed by atoms with E-state index in [0.29, 0.717) is 6.54 Å². The third-order valence-electron chi connectivity index (χ3n) is 3.57. The Balaban J connectivity index is 3.07. The summed E-state index contributed by atoms with van der Waals surface area (Å²) in [5.41, 5.74) is 0.752. The summed E-state index contributed by atoms with van der Waals surface area (Å²) >= 11 is 0. The van der Waals surface area contributed by atoms with E-state index in [9.17, 15) is 13.2 Å². The molecule has 0 aliphatic rings. The highest BCUT2D eigenvalue weighted by atomic mass is 32.2. The molecule has 0 heterocycles. The van der Waals surface area contributed by atoms with Crippen LogP contribution in [0.3, 0.4) is 0 Å². The molecule has 0 radical (unpaired) electrons. The first-order chi connectivity index (χ1) is 9.82. The topological polar surface area (TPSA) is 54.5 Å². The van der Waals surface area contributed by atoms with Gasteiger partial charge in [-0.2, -0.15) is 0 Å². The Labute approximate surface area is 128 Å². The molecule has 0 spiro atoms. The van der Waals surface area contributed by atoms with Gasteiger partial charge in [-0.25, -0.2) is 8.42 Å². The van der Waals surface area contributed by atoms with Gasteiger partial charge in [0.2, 0.25) is 5.91 Å². The Hall–Kier alpha value is -1.36. The second kappa shape index (κ2) is 7.59. The molecule has 0 fully saturated rings. The highest BCUT2D eigenvalue weighted by molar-refractivity contribution is 7.93. The van der Waals surface area contributed by atoms with Crippen LogP contribution in [0, 0.1) is 0 Å². The molecule has 4 nitrogen and oxygen atoms in total. The molecule has 1 aromatic carbocycles. The number of unbranched alkanes of at least 4 members (excludes halogenated alkanes) is 1. The highest BCUT2D eigenvalue weighted by Crippen LogP contribution is 2.19. The monoisotopic (exact) mass is 311 g/mol. The van der Waals surface area contributed by atoms with Crippen LogP contribution in [0.25, 0.3) is 0 Å². The Morgan fingerprint density at radius 2 is 1.71 bits per heavy atom. The number of para-hydroxylation sites is 1. The normalized spacial score (nSPS) is 13.2. The van der Waals surface area contributed by atoms with Crippen molar-refractivity contribution in [1.29, 1.82) is 0 Å². The molecule has 0 unspecified atom stereocenters. The van der Waals surface area contributed by atoms with Gasteiger partial charge in [-0.05, 0) is 39.3 Å². The number of nitrogens with zero attached hydrogens (tertiary/aromatic N) is 1. The molecular formula is C16H25NO3S. The largest absolute Gasteiger partial charge is 0.311 e. The van der Waals surface area contributed by atoms with Crippen LogP contribution in [0.5, 0.6) is 0 Å². The first-order valence-corrected chi connectivity index (χ1v) is 9.02. The number of amides is 1. The Kier molecular flexibility index (Phi) is 6.40. The fourth-order valence-corrected chi connectivity index (χ4v) is 3.28. The van der Waals surface area contributed by atoms with Crippen molar-refractivity contribution in [2.45, 2.75) is 51.0 Å². The van der Waals surface area contributed by atoms with Crippen LogP contribution < -0.4 is 4.90 Å². The summed E-state index contributed by atoms with van der Waals surface area (Å²) in [6.07, 6.45) is 1.79. The van der Waals surface area contributed by atoms with Crippen LogP contribution in [0.2, 0.25) is 0 Å². The van der Waals surface area contributed by atoms with Crippen molar-refractivity contribution in [3.8, 4) is 0 Å². The maximum atomic E-state index is 12.6. The summed E-state index contributed by atoms with van der Waals surface area (Å²) in [5, 5.41) is -1.57. The van der Waals surface area contributed by atoms with Crippen LogP contribution >= 0.6 is 0 Å². The predicted octanol–water partition coefficient (Wildman–Crippen LogP) is 3.03. The summed E-state index contributed by atoms with van der Waals surface area (Å²) in [6, 6.07) is 9.25. The van der Waals surface area contributed by atoms with Gasteiger partial charge in [-0.3, -0.25) is 4.79 Å². The molecule has 0 N–H and O–H groups in total. The van der Waals surface area contributed by atoms with Crippen LogP contribution in [0.15, 0.2) is 30.3 Å². The minimum Gasteiger partial charge on any atom is -0.311 e. The number of sulfone groups is 1. The van der Waals surface area contributed by atoms with Gasteiger partial charge >= 0.3 is 0 Å². The number of hydrogen-bond acceptors (Lipinski definition) is 3. The lowest BCUT2D eigenvalue weighted by atomic mass is 10.2. The molecule has 0 saturated heterocycles. The number of benzene rings is 1. The molecule has 21 heavy (non-hydrogen) atoms. The van der Waals surface area contributed by atoms with E-state index >= 15 is 0 Å². The molecule has 1 rings (SSSR count). The number of carbonyl (C=O) groups is 1. The standard InChI is InChI=1S/C16H25NO3S/c1-5-6-12-17(15-10-8-7-9-11-15)16(18)14(4)21(19,20)13(2)3/h7-11,13-14H,5-6,12H2,1-4H3/t14-/m0/s1. The number of rotatable bonds is 7. The SMILES string of the molecule is CCCCN(C(=O)[C@H](C)S(=O)(=O)C(C)C)c1ccccc1. The number of hydrogen-bond donors (Lipinski definition) is 0. The van der Waals surface area contributed by atoms with Gasteiger partial charge in [0.05, 0.1) is 5.25 Å². The van der Waals surface area contributed by atoms with Gasteiger partial charge in [0.15, 0.2) is 9.84 Å². The molecule has 0 aromatic heterocycles. The summed E-state index contributed by atoms with van der Waals surface area (Å²) < 4.78 is 24.5. The number of carbonyl (C=O) groups excluding carboxylic acids is 1. The van der Waals surface area contributed by atoms with Crippen LogP contribution in [-0.4, -0.2) is 31.4 Å². The zero-order valence-corrected chi connectivity index (χ0v) is 14.1. The fraction of sp³-hybridized carbons (Fsp3) is 0.562. The lowest BCUT2D eigenvalue weighted by Gasteiger charge is -2.26. The van der Waals surface area contributed by atoms with Crippen LogP contribution in [0.4, 0.5) is 5.69 Å². The van der Waals surface area contributed by atoms with Crippen molar-refractivity contribution >= 4 is 21.4 Å². The van der Waals surface area contributed by atoms with Crippen molar-refractivity contribution in [2.24, 2.45) is 0 Å². The second-order valence-corrected chi connectivity index (χ2v) is 8.29. The summed E-state index contributed by atoms with van der Waals surface area (Å²) in [7, 11) is -3.45. The predicted molar refractivity (Wildman–Crippen MR) is 87.2 cm³/mol. The van der Waals surface area contributed by atoms with Crippen molar-refractivity contribution < 1.29 is 13.2 Å². The molecule has 1 aromatic rings. The summed E-state index contributed by atoms with van der Waals surface area (Å²) in [6.45, 7) is 7.29. The molecule has 118 valence electrons. The minimum absolute atomic E-state index is 0.344. The van der Waals surface area contributed by atoms with E-state index in [0.717, 1.165) is 18.5 Å². The maximum Gasteiger partial charge on any atom is 0.245 e. The van der Waals surface area contributed by atoms with E-state index in [1.54, 1.807) is 18.7 Å². The van der Waals surface area contributed by atoms with Gasteiger partial charge in [0.1, 0.15) is 5.25 Å². The maximum absolute atomic E-state index is 12.6. The Morgan fingerprint density at radius 1 is 1.14 bits per heavy atom. The van der Waals surface area contributed by atoms with Crippen molar-refractivity contribution in [1.82, 2.24) is 0 Å². The lowest BCUT2D eigenvalue weighted by Crippen LogP contribution is -2.44. The summed E-state index contributed by atoms with van der Waals surface area (Å²) in [5.74, 6) is -0.344. The zero-order valence-electron chi connectivity index (χ0n) is 13.2. The fourth-order valence-electron chi connectivity index (χ4n) is 2.06. The van der Waals surface area contributed by atoms with Gasteiger partial charge in [-0.15, -0.1) is 0 Å². The Morgan fingerprint density at radius 3 is 2.19 bits per heavy atom. The van der Waals surface area contributed by atoms with Crippen molar-refractivity contribution in [2.75, 3.05) is 11.4 Å².